The van der Waals surface area contributed by atoms with E-state index in [4.69, 9.17) is 11.6 Å². The van der Waals surface area contributed by atoms with Gasteiger partial charge in [0.05, 0.1) is 10.6 Å². The third-order valence-electron chi connectivity index (χ3n) is 7.92. The number of anilines is 1. The summed E-state index contributed by atoms with van der Waals surface area (Å²) in [7, 11) is -4.18. The first-order valence-electron chi connectivity index (χ1n) is 15.4. The summed E-state index contributed by atoms with van der Waals surface area (Å²) in [5, 5.41) is 3.44. The minimum Gasteiger partial charge on any atom is -0.354 e. The van der Waals surface area contributed by atoms with Crippen LogP contribution in [-0.2, 0) is 32.6 Å². The molecule has 46 heavy (non-hydrogen) atoms. The fourth-order valence-electron chi connectivity index (χ4n) is 5.03. The molecule has 4 aromatic carbocycles. The number of benzene rings is 4. The molecule has 1 atom stereocenters. The van der Waals surface area contributed by atoms with Crippen molar-refractivity contribution in [3.63, 3.8) is 0 Å². The normalized spacial score (nSPS) is 12.1. The molecule has 0 aliphatic heterocycles. The van der Waals surface area contributed by atoms with Gasteiger partial charge in [0.1, 0.15) is 12.6 Å². The van der Waals surface area contributed by atoms with Crippen LogP contribution < -0.4 is 9.62 Å². The molecule has 242 valence electrons. The monoisotopic (exact) mass is 659 g/mol. The number of halogens is 1. The molecule has 0 aromatic heterocycles. The molecule has 0 saturated heterocycles. The molecule has 2 amide bonds. The Hall–Kier alpha value is -4.14. The summed E-state index contributed by atoms with van der Waals surface area (Å²) >= 11 is 6.57. The second-order valence-electron chi connectivity index (χ2n) is 12.1. The van der Waals surface area contributed by atoms with Gasteiger partial charge in [-0.1, -0.05) is 97.7 Å². The van der Waals surface area contributed by atoms with Crippen molar-refractivity contribution in [3.05, 3.63) is 130 Å². The fraction of sp³-hybridized carbons (Fsp3) is 0.297. The van der Waals surface area contributed by atoms with Crippen LogP contribution in [0.4, 0.5) is 5.69 Å². The molecule has 0 radical (unpaired) electrons. The van der Waals surface area contributed by atoms with E-state index in [1.807, 2.05) is 77.1 Å². The Balaban J connectivity index is 1.82. The van der Waals surface area contributed by atoms with Crippen molar-refractivity contribution in [2.75, 3.05) is 17.4 Å². The molecule has 4 rings (SSSR count). The summed E-state index contributed by atoms with van der Waals surface area (Å²) < 4.78 is 29.6. The van der Waals surface area contributed by atoms with E-state index in [-0.39, 0.29) is 29.7 Å². The van der Waals surface area contributed by atoms with Crippen molar-refractivity contribution in [1.29, 1.82) is 0 Å². The zero-order valence-corrected chi connectivity index (χ0v) is 28.6. The van der Waals surface area contributed by atoms with E-state index in [9.17, 15) is 18.0 Å². The lowest BCUT2D eigenvalue weighted by molar-refractivity contribution is -0.140. The van der Waals surface area contributed by atoms with E-state index in [1.165, 1.54) is 4.90 Å². The molecule has 0 spiro atoms. The van der Waals surface area contributed by atoms with E-state index >= 15 is 0 Å². The summed E-state index contributed by atoms with van der Waals surface area (Å²) in [5.74, 6) is -0.666. The number of amides is 2. The van der Waals surface area contributed by atoms with Gasteiger partial charge < -0.3 is 10.2 Å². The third kappa shape index (κ3) is 8.77. The topological polar surface area (TPSA) is 86.8 Å². The smallest absolute Gasteiger partial charge is 0.264 e. The highest BCUT2D eigenvalue weighted by Crippen LogP contribution is 2.28. The molecule has 0 heterocycles. The standard InChI is InChI=1S/C37H42ClN3O4S/c1-26(2)23-39-37(43)35(22-30-11-7-6-8-12-30)40(24-31-13-9-10-14-34(31)38)36(42)25-41(32-18-17-28(4)29(5)21-32)46(44,45)33-19-15-27(3)16-20-33/h6-21,26,35H,22-25H2,1-5H3,(H,39,43). The van der Waals surface area contributed by atoms with Crippen molar-refractivity contribution in [2.24, 2.45) is 5.92 Å². The molecular formula is C37H42ClN3O4S. The first-order chi connectivity index (χ1) is 21.9. The minimum absolute atomic E-state index is 0.0104. The second kappa shape index (κ2) is 15.4. The lowest BCUT2D eigenvalue weighted by Gasteiger charge is -2.34. The lowest BCUT2D eigenvalue weighted by Crippen LogP contribution is -2.53. The average molecular weight is 660 g/mol. The van der Waals surface area contributed by atoms with Gasteiger partial charge in [0.15, 0.2) is 0 Å². The van der Waals surface area contributed by atoms with Gasteiger partial charge in [-0.05, 0) is 79.3 Å². The molecule has 0 saturated carbocycles. The number of nitrogens with zero attached hydrogens (tertiary/aromatic N) is 2. The third-order valence-corrected chi connectivity index (χ3v) is 10.1. The molecule has 0 fully saturated rings. The van der Waals surface area contributed by atoms with Crippen LogP contribution in [0.1, 0.15) is 41.7 Å². The molecule has 0 aliphatic rings. The number of nitrogens with one attached hydrogen (secondary N) is 1. The van der Waals surface area contributed by atoms with E-state index in [0.29, 0.717) is 22.8 Å². The Morgan fingerprint density at radius 2 is 1.48 bits per heavy atom. The quantitative estimate of drug-likeness (QED) is 0.170. The van der Waals surface area contributed by atoms with Crippen LogP contribution in [0, 0.1) is 26.7 Å². The fourth-order valence-corrected chi connectivity index (χ4v) is 6.64. The molecule has 9 heteroatoms. The molecule has 1 N–H and O–H groups in total. The minimum atomic E-state index is -4.18. The number of hydrogen-bond donors (Lipinski definition) is 1. The van der Waals surface area contributed by atoms with Gasteiger partial charge in [0.25, 0.3) is 10.0 Å². The Bertz CT molecular complexity index is 1760. The number of sulfonamides is 1. The van der Waals surface area contributed by atoms with Crippen molar-refractivity contribution in [1.82, 2.24) is 10.2 Å². The number of rotatable bonds is 13. The van der Waals surface area contributed by atoms with Gasteiger partial charge in [-0.3, -0.25) is 13.9 Å². The Kier molecular flexibility index (Phi) is 11.7. The van der Waals surface area contributed by atoms with Crippen LogP contribution in [0.2, 0.25) is 5.02 Å². The Morgan fingerprint density at radius 3 is 2.11 bits per heavy atom. The van der Waals surface area contributed by atoms with E-state index in [0.717, 1.165) is 26.6 Å². The summed E-state index contributed by atoms with van der Waals surface area (Å²) in [5.41, 5.74) is 4.66. The van der Waals surface area contributed by atoms with Crippen molar-refractivity contribution in [3.8, 4) is 0 Å². The van der Waals surface area contributed by atoms with Gasteiger partial charge in [-0.2, -0.15) is 0 Å². The SMILES string of the molecule is Cc1ccc(S(=O)(=O)N(CC(=O)N(Cc2ccccc2Cl)C(Cc2ccccc2)C(=O)NCC(C)C)c2ccc(C)c(C)c2)cc1. The van der Waals surface area contributed by atoms with Gasteiger partial charge >= 0.3 is 0 Å². The number of aryl methyl sites for hydroxylation is 3. The maximum absolute atomic E-state index is 14.6. The number of hydrogen-bond acceptors (Lipinski definition) is 4. The zero-order valence-electron chi connectivity index (χ0n) is 27.0. The highest BCUT2D eigenvalue weighted by molar-refractivity contribution is 7.92. The van der Waals surface area contributed by atoms with E-state index < -0.39 is 28.5 Å². The molecule has 7 nitrogen and oxygen atoms in total. The number of carbonyl (C=O) groups is 2. The average Bonchev–Trinajstić information content (AvgIpc) is 3.03. The predicted octanol–water partition coefficient (Wildman–Crippen LogP) is 6.87. The highest BCUT2D eigenvalue weighted by atomic mass is 35.5. The van der Waals surface area contributed by atoms with Crippen LogP contribution in [-0.4, -0.2) is 44.3 Å². The van der Waals surface area contributed by atoms with Crippen molar-refractivity contribution in [2.45, 2.75) is 58.5 Å². The van der Waals surface area contributed by atoms with E-state index in [1.54, 1.807) is 54.6 Å². The Labute approximate surface area is 278 Å². The van der Waals surface area contributed by atoms with Crippen LogP contribution in [0.5, 0.6) is 0 Å². The number of carbonyl (C=O) groups excluding carboxylic acids is 2. The first-order valence-corrected chi connectivity index (χ1v) is 17.2. The summed E-state index contributed by atoms with van der Waals surface area (Å²) in [6, 6.07) is 27.5. The molecule has 0 bridgehead atoms. The first kappa shape index (κ1) is 34.7. The molecular weight excluding hydrogens is 618 g/mol. The van der Waals surface area contributed by atoms with Gasteiger partial charge in [-0.25, -0.2) is 8.42 Å². The van der Waals surface area contributed by atoms with Crippen LogP contribution in [0.25, 0.3) is 0 Å². The van der Waals surface area contributed by atoms with E-state index in [2.05, 4.69) is 5.32 Å². The van der Waals surface area contributed by atoms with Crippen molar-refractivity contribution >= 4 is 39.1 Å². The van der Waals surface area contributed by atoms with Crippen LogP contribution in [0.3, 0.4) is 0 Å². The zero-order chi connectivity index (χ0) is 33.4. The molecule has 0 aliphatic carbocycles. The Morgan fingerprint density at radius 1 is 0.826 bits per heavy atom. The van der Waals surface area contributed by atoms with Crippen molar-refractivity contribution < 1.29 is 18.0 Å². The predicted molar refractivity (Wildman–Crippen MR) is 185 cm³/mol. The molecule has 4 aromatic rings. The lowest BCUT2D eigenvalue weighted by atomic mass is 10.0. The highest BCUT2D eigenvalue weighted by Gasteiger charge is 2.35. The maximum Gasteiger partial charge on any atom is 0.264 e. The van der Waals surface area contributed by atoms with Crippen LogP contribution in [0.15, 0.2) is 102 Å². The van der Waals surface area contributed by atoms with Gasteiger partial charge in [0, 0.05) is 24.5 Å². The second-order valence-corrected chi connectivity index (χ2v) is 14.3. The maximum atomic E-state index is 14.6. The van der Waals surface area contributed by atoms with Crippen LogP contribution >= 0.6 is 11.6 Å². The van der Waals surface area contributed by atoms with Gasteiger partial charge in [0.2, 0.25) is 11.8 Å². The van der Waals surface area contributed by atoms with Gasteiger partial charge in [-0.15, -0.1) is 0 Å². The summed E-state index contributed by atoms with van der Waals surface area (Å²) in [6.45, 7) is 9.63. The molecule has 1 unspecified atom stereocenters. The summed E-state index contributed by atoms with van der Waals surface area (Å²) in [4.78, 5) is 30.0. The summed E-state index contributed by atoms with van der Waals surface area (Å²) in [6.07, 6.45) is 0.231. The largest absolute Gasteiger partial charge is 0.354 e.